The highest BCUT2D eigenvalue weighted by Crippen LogP contribution is 2.64. The van der Waals surface area contributed by atoms with Crippen molar-refractivity contribution in [3.8, 4) is 22.6 Å². The van der Waals surface area contributed by atoms with Crippen molar-refractivity contribution in [1.82, 2.24) is 0 Å². The van der Waals surface area contributed by atoms with Crippen LogP contribution in [0.4, 0.5) is 11.4 Å². The summed E-state index contributed by atoms with van der Waals surface area (Å²) in [4.78, 5) is 2.45. The average Bonchev–Trinajstić information content (AvgIpc) is 3.76. The van der Waals surface area contributed by atoms with Gasteiger partial charge < -0.3 is 9.64 Å². The normalized spacial score (nSPS) is 15.1. The predicted molar refractivity (Wildman–Crippen MR) is 261 cm³/mol. The molecule has 1 spiro atoms. The first-order valence-corrected chi connectivity index (χ1v) is 22.0. The van der Waals surface area contributed by atoms with Crippen LogP contribution in [0.1, 0.15) is 77.8 Å². The zero-order valence-electron chi connectivity index (χ0n) is 36.3. The highest BCUT2D eigenvalue weighted by molar-refractivity contribution is 5.97. The molecule has 11 rings (SSSR count). The van der Waals surface area contributed by atoms with Crippen LogP contribution in [0.2, 0.25) is 0 Å². The summed E-state index contributed by atoms with van der Waals surface area (Å²) in [6.45, 7) is 13.8. The Labute approximate surface area is 371 Å². The largest absolute Gasteiger partial charge is 0.457 e. The van der Waals surface area contributed by atoms with E-state index in [9.17, 15) is 0 Å². The summed E-state index contributed by atoms with van der Waals surface area (Å²) >= 11 is 0. The van der Waals surface area contributed by atoms with Gasteiger partial charge in [-0.05, 0) is 110 Å². The Morgan fingerprint density at radius 3 is 1.57 bits per heavy atom. The molecule has 0 unspecified atom stereocenters. The van der Waals surface area contributed by atoms with E-state index in [4.69, 9.17) is 4.74 Å². The van der Waals surface area contributed by atoms with Gasteiger partial charge in [-0.15, -0.1) is 0 Å². The van der Waals surface area contributed by atoms with Crippen molar-refractivity contribution in [3.63, 3.8) is 0 Å². The van der Waals surface area contributed by atoms with Crippen LogP contribution in [0.25, 0.3) is 16.7 Å². The maximum absolute atomic E-state index is 6.70. The molecular formula is C61H49NO. The lowest BCUT2D eigenvalue weighted by atomic mass is 9.66. The topological polar surface area (TPSA) is 12.5 Å². The summed E-state index contributed by atoms with van der Waals surface area (Å²) in [6.07, 6.45) is 4.48. The maximum atomic E-state index is 6.70. The number of hydrogen-bond acceptors (Lipinski definition) is 2. The van der Waals surface area contributed by atoms with Gasteiger partial charge in [-0.1, -0.05) is 197 Å². The van der Waals surface area contributed by atoms with E-state index in [0.717, 1.165) is 39.7 Å². The maximum Gasteiger partial charge on any atom is 0.132 e. The van der Waals surface area contributed by atoms with E-state index in [1.165, 1.54) is 61.2 Å². The highest BCUT2D eigenvalue weighted by atomic mass is 16.5. The average molecular weight is 812 g/mol. The lowest BCUT2D eigenvalue weighted by Crippen LogP contribution is -2.32. The predicted octanol–water partition coefficient (Wildman–Crippen LogP) is 15.5. The number of allylic oxidation sites excluding steroid dienone is 4. The second kappa shape index (κ2) is 14.6. The van der Waals surface area contributed by atoms with Crippen LogP contribution >= 0.6 is 0 Å². The Morgan fingerprint density at radius 1 is 0.508 bits per heavy atom. The lowest BCUT2D eigenvalue weighted by Gasteiger charge is -2.39. The van der Waals surface area contributed by atoms with E-state index in [1.807, 2.05) is 0 Å². The second-order valence-corrected chi connectivity index (χ2v) is 18.1. The molecule has 2 nitrogen and oxygen atoms in total. The second-order valence-electron chi connectivity index (χ2n) is 18.1. The van der Waals surface area contributed by atoms with Crippen LogP contribution in [0.15, 0.2) is 230 Å². The van der Waals surface area contributed by atoms with Crippen LogP contribution in [-0.4, -0.2) is 0 Å². The molecule has 8 aromatic rings. The van der Waals surface area contributed by atoms with Gasteiger partial charge in [0.25, 0.3) is 0 Å². The molecule has 0 radical (unpaired) electrons. The number of ether oxygens (including phenoxy) is 1. The summed E-state index contributed by atoms with van der Waals surface area (Å²) in [5.41, 5.74) is 17.9. The first kappa shape index (κ1) is 38.5. The van der Waals surface area contributed by atoms with E-state index in [2.05, 4.69) is 252 Å². The van der Waals surface area contributed by atoms with E-state index in [-0.39, 0.29) is 5.41 Å². The number of nitrogens with zero attached hydrogens (tertiary/aromatic N) is 1. The molecule has 0 N–H and O–H groups in total. The lowest BCUT2D eigenvalue weighted by molar-refractivity contribution is 0.436. The number of anilines is 2. The van der Waals surface area contributed by atoms with Crippen molar-refractivity contribution in [1.29, 1.82) is 0 Å². The van der Waals surface area contributed by atoms with Crippen molar-refractivity contribution in [2.24, 2.45) is 0 Å². The first-order chi connectivity index (χ1) is 30.8. The summed E-state index contributed by atoms with van der Waals surface area (Å²) in [6, 6.07) is 73.2. The van der Waals surface area contributed by atoms with Gasteiger partial charge in [0.15, 0.2) is 0 Å². The van der Waals surface area contributed by atoms with Gasteiger partial charge in [-0.2, -0.15) is 0 Å². The van der Waals surface area contributed by atoms with Crippen molar-refractivity contribution in [2.45, 2.75) is 43.9 Å². The van der Waals surface area contributed by atoms with Gasteiger partial charge in [0.2, 0.25) is 0 Å². The molecular weight excluding hydrogens is 763 g/mol. The highest BCUT2D eigenvalue weighted by Gasteiger charge is 2.52. The molecule has 0 amide bonds. The SMILES string of the molecule is C=C/C(=C\C1=C(C)c2ccccc2C1(c1ccccc1)c1ccccc1)N(c1ccc(C(C)(C)C)cc1)c1cccc2c1-c1ccccc1C21c2ccccc2Oc2ccccc21. The molecule has 0 aromatic heterocycles. The monoisotopic (exact) mass is 811 g/mol. The van der Waals surface area contributed by atoms with Gasteiger partial charge in [-0.25, -0.2) is 0 Å². The fraction of sp³-hybridized carbons (Fsp3) is 0.115. The van der Waals surface area contributed by atoms with E-state index >= 15 is 0 Å². The molecule has 3 aliphatic rings. The Kier molecular flexibility index (Phi) is 8.92. The van der Waals surface area contributed by atoms with Gasteiger partial charge in [0.05, 0.1) is 16.5 Å². The number of hydrogen-bond donors (Lipinski definition) is 0. The van der Waals surface area contributed by atoms with Crippen LogP contribution in [0, 0.1) is 0 Å². The van der Waals surface area contributed by atoms with Gasteiger partial charge in [-0.3, -0.25) is 0 Å². The van der Waals surface area contributed by atoms with Crippen molar-refractivity contribution >= 4 is 16.9 Å². The quantitative estimate of drug-likeness (QED) is 0.149. The van der Waals surface area contributed by atoms with Gasteiger partial charge in [0, 0.05) is 28.1 Å². The van der Waals surface area contributed by atoms with Gasteiger partial charge in [0.1, 0.15) is 11.5 Å². The molecule has 0 atom stereocenters. The Morgan fingerprint density at radius 2 is 1.00 bits per heavy atom. The summed E-state index contributed by atoms with van der Waals surface area (Å²) in [7, 11) is 0. The van der Waals surface area contributed by atoms with Crippen LogP contribution < -0.4 is 9.64 Å². The molecule has 2 aliphatic carbocycles. The summed E-state index contributed by atoms with van der Waals surface area (Å²) in [5, 5.41) is 0. The van der Waals surface area contributed by atoms with E-state index < -0.39 is 10.8 Å². The number of fused-ring (bicyclic) bond motifs is 10. The van der Waals surface area contributed by atoms with Gasteiger partial charge >= 0.3 is 0 Å². The molecule has 0 saturated carbocycles. The third-order valence-electron chi connectivity index (χ3n) is 13.8. The third kappa shape index (κ3) is 5.57. The molecule has 0 bridgehead atoms. The molecule has 63 heavy (non-hydrogen) atoms. The number of para-hydroxylation sites is 2. The number of benzene rings is 8. The van der Waals surface area contributed by atoms with Crippen LogP contribution in [0.5, 0.6) is 11.5 Å². The van der Waals surface area contributed by atoms with Crippen molar-refractivity contribution < 1.29 is 4.74 Å². The molecule has 0 fully saturated rings. The van der Waals surface area contributed by atoms with Crippen LogP contribution in [0.3, 0.4) is 0 Å². The standard InChI is InChI=1S/C61H49NO/c1-6-45(40-54-41(2)47-26-13-15-28-49(47)60(54,43-22-9-7-10-23-43)44-24-11-8-12-25-44)62(46-38-36-42(37-39-46)59(3,4)5)55-33-21-32-53-58(55)48-27-14-16-29-50(48)61(53)51-30-17-19-34-56(51)63-57-35-20-18-31-52(57)61/h6-40H,1H2,2-5H3/b45-40+. The minimum atomic E-state index is -0.602. The molecule has 1 heterocycles. The minimum Gasteiger partial charge on any atom is -0.457 e. The van der Waals surface area contributed by atoms with E-state index in [0.29, 0.717) is 0 Å². The fourth-order valence-electron chi connectivity index (χ4n) is 11.1. The molecule has 1 aliphatic heterocycles. The first-order valence-electron chi connectivity index (χ1n) is 22.0. The van der Waals surface area contributed by atoms with Crippen LogP contribution in [-0.2, 0) is 16.2 Å². The zero-order valence-corrected chi connectivity index (χ0v) is 36.3. The van der Waals surface area contributed by atoms with Crippen molar-refractivity contribution in [3.05, 3.63) is 280 Å². The summed E-state index contributed by atoms with van der Waals surface area (Å²) in [5.74, 6) is 1.76. The molecule has 2 heteroatoms. The Balaban J connectivity index is 1.22. The zero-order chi connectivity index (χ0) is 42.9. The Hall–Kier alpha value is -7.42. The Bertz CT molecular complexity index is 3060. The smallest absolute Gasteiger partial charge is 0.132 e. The molecule has 0 saturated heterocycles. The molecule has 304 valence electrons. The number of rotatable bonds is 7. The fourth-order valence-corrected chi connectivity index (χ4v) is 11.1. The van der Waals surface area contributed by atoms with E-state index in [1.54, 1.807) is 0 Å². The minimum absolute atomic E-state index is 0.00780. The molecule has 8 aromatic carbocycles. The summed E-state index contributed by atoms with van der Waals surface area (Å²) < 4.78 is 6.70. The van der Waals surface area contributed by atoms with Crippen molar-refractivity contribution in [2.75, 3.05) is 4.90 Å². The third-order valence-corrected chi connectivity index (χ3v) is 13.8.